The molecular weight excluding hydrogens is 386 g/mol. The quantitative estimate of drug-likeness (QED) is 0.508. The standard InChI is InChI=1S/C27H33NO3/c1-7-21-26(19-9-11-24(30-5)17(3)15-19)22(8-2)28-23(13-14-29)27(21)20-10-12-25(31-6)18(4)16-20/h9-12,15-16,29H,7-8,13-14H2,1-6H3. The predicted octanol–water partition coefficient (Wildman–Crippen LogP) is 5.71. The number of aliphatic hydroxyl groups is 1. The molecule has 2 aromatic carbocycles. The van der Waals surface area contributed by atoms with Crippen LogP contribution in [0.1, 0.15) is 41.9 Å². The van der Waals surface area contributed by atoms with Gasteiger partial charge in [0.1, 0.15) is 11.5 Å². The predicted molar refractivity (Wildman–Crippen MR) is 127 cm³/mol. The zero-order valence-corrected chi connectivity index (χ0v) is 19.5. The molecule has 0 aliphatic rings. The molecule has 0 amide bonds. The molecule has 3 aromatic rings. The lowest BCUT2D eigenvalue weighted by atomic mass is 9.86. The van der Waals surface area contributed by atoms with Gasteiger partial charge in [0.05, 0.1) is 19.9 Å². The van der Waals surface area contributed by atoms with Crippen molar-refractivity contribution < 1.29 is 14.6 Å². The van der Waals surface area contributed by atoms with Crippen LogP contribution in [0.3, 0.4) is 0 Å². The molecule has 0 bridgehead atoms. The van der Waals surface area contributed by atoms with Crippen molar-refractivity contribution >= 4 is 0 Å². The number of methoxy groups -OCH3 is 2. The van der Waals surface area contributed by atoms with Gasteiger partial charge in [0.15, 0.2) is 0 Å². The molecule has 0 aliphatic carbocycles. The number of aryl methyl sites for hydroxylation is 3. The van der Waals surface area contributed by atoms with Crippen molar-refractivity contribution in [2.75, 3.05) is 20.8 Å². The number of rotatable bonds is 8. The van der Waals surface area contributed by atoms with Crippen molar-refractivity contribution in [3.8, 4) is 33.8 Å². The summed E-state index contributed by atoms with van der Waals surface area (Å²) in [5.41, 5.74) is 10.1. The Morgan fingerprint density at radius 2 is 1.29 bits per heavy atom. The summed E-state index contributed by atoms with van der Waals surface area (Å²) in [4.78, 5) is 5.06. The highest BCUT2D eigenvalue weighted by molar-refractivity contribution is 5.82. The maximum Gasteiger partial charge on any atom is 0.121 e. The molecule has 1 heterocycles. The van der Waals surface area contributed by atoms with E-state index in [4.69, 9.17) is 14.5 Å². The largest absolute Gasteiger partial charge is 0.496 e. The zero-order valence-electron chi connectivity index (χ0n) is 19.5. The van der Waals surface area contributed by atoms with Crippen molar-refractivity contribution in [3.05, 3.63) is 64.5 Å². The van der Waals surface area contributed by atoms with Crippen LogP contribution in [0.5, 0.6) is 11.5 Å². The van der Waals surface area contributed by atoms with Crippen molar-refractivity contribution in [2.24, 2.45) is 0 Å². The van der Waals surface area contributed by atoms with Crippen molar-refractivity contribution in [2.45, 2.75) is 47.0 Å². The monoisotopic (exact) mass is 419 g/mol. The molecule has 4 nitrogen and oxygen atoms in total. The zero-order chi connectivity index (χ0) is 22.5. The van der Waals surface area contributed by atoms with Crippen LogP contribution in [0.15, 0.2) is 36.4 Å². The molecule has 1 aromatic heterocycles. The SMILES string of the molecule is CCc1nc(CCO)c(-c2ccc(OC)c(C)c2)c(CC)c1-c1ccc(OC)c(C)c1. The summed E-state index contributed by atoms with van der Waals surface area (Å²) < 4.78 is 10.9. The van der Waals surface area contributed by atoms with Gasteiger partial charge in [-0.3, -0.25) is 4.98 Å². The lowest BCUT2D eigenvalue weighted by molar-refractivity contribution is 0.298. The number of benzene rings is 2. The smallest absolute Gasteiger partial charge is 0.121 e. The molecule has 1 N–H and O–H groups in total. The molecule has 164 valence electrons. The molecular formula is C27H33NO3. The van der Waals surface area contributed by atoms with Crippen molar-refractivity contribution in [1.29, 1.82) is 0 Å². The maximum absolute atomic E-state index is 9.76. The highest BCUT2D eigenvalue weighted by atomic mass is 16.5. The Labute approximate surface area is 185 Å². The first kappa shape index (κ1) is 22.8. The molecule has 0 saturated heterocycles. The van der Waals surface area contributed by atoms with Gasteiger partial charge in [-0.15, -0.1) is 0 Å². The van der Waals surface area contributed by atoms with E-state index >= 15 is 0 Å². The molecule has 3 rings (SSSR count). The molecule has 0 saturated carbocycles. The number of hydrogen-bond donors (Lipinski definition) is 1. The van der Waals surface area contributed by atoms with Crippen LogP contribution in [0, 0.1) is 13.8 Å². The summed E-state index contributed by atoms with van der Waals surface area (Å²) in [6.45, 7) is 8.53. The third kappa shape index (κ3) is 4.45. The Morgan fingerprint density at radius 1 is 0.774 bits per heavy atom. The third-order valence-corrected chi connectivity index (χ3v) is 5.85. The van der Waals surface area contributed by atoms with Crippen molar-refractivity contribution in [3.63, 3.8) is 0 Å². The van der Waals surface area contributed by atoms with Gasteiger partial charge in [0, 0.05) is 29.8 Å². The Kier molecular flexibility index (Phi) is 7.34. The van der Waals surface area contributed by atoms with Gasteiger partial charge in [0.2, 0.25) is 0 Å². The van der Waals surface area contributed by atoms with Gasteiger partial charge in [-0.25, -0.2) is 0 Å². The second-order valence-electron chi connectivity index (χ2n) is 7.78. The Hall–Kier alpha value is -2.85. The molecule has 0 unspecified atom stereocenters. The van der Waals surface area contributed by atoms with Crippen LogP contribution >= 0.6 is 0 Å². The van der Waals surface area contributed by atoms with E-state index < -0.39 is 0 Å². The van der Waals surface area contributed by atoms with Gasteiger partial charge in [0.25, 0.3) is 0 Å². The number of aliphatic hydroxyl groups excluding tert-OH is 1. The Balaban J connectivity index is 2.35. The summed E-state index contributed by atoms with van der Waals surface area (Å²) >= 11 is 0. The van der Waals surface area contributed by atoms with E-state index in [1.165, 1.54) is 11.1 Å². The van der Waals surface area contributed by atoms with E-state index in [0.29, 0.717) is 6.42 Å². The minimum absolute atomic E-state index is 0.0719. The van der Waals surface area contributed by atoms with Gasteiger partial charge < -0.3 is 14.6 Å². The fraction of sp³-hybridized carbons (Fsp3) is 0.370. The fourth-order valence-electron chi connectivity index (χ4n) is 4.39. The molecule has 0 atom stereocenters. The van der Waals surface area contributed by atoms with Crippen molar-refractivity contribution in [1.82, 2.24) is 4.98 Å². The second-order valence-corrected chi connectivity index (χ2v) is 7.78. The Morgan fingerprint density at radius 3 is 1.68 bits per heavy atom. The summed E-state index contributed by atoms with van der Waals surface area (Å²) in [5.74, 6) is 1.75. The van der Waals surface area contributed by atoms with Crippen LogP contribution in [0.25, 0.3) is 22.3 Å². The molecule has 0 aliphatic heterocycles. The van der Waals surface area contributed by atoms with Crippen LogP contribution in [0.2, 0.25) is 0 Å². The first-order valence-electron chi connectivity index (χ1n) is 10.9. The lowest BCUT2D eigenvalue weighted by Gasteiger charge is -2.22. The third-order valence-electron chi connectivity index (χ3n) is 5.85. The van der Waals surface area contributed by atoms with E-state index in [-0.39, 0.29) is 6.61 Å². The number of ether oxygens (including phenoxy) is 2. The first-order valence-corrected chi connectivity index (χ1v) is 10.9. The van der Waals surface area contributed by atoms with Gasteiger partial charge in [-0.05, 0) is 78.8 Å². The molecule has 31 heavy (non-hydrogen) atoms. The van der Waals surface area contributed by atoms with Crippen LogP contribution < -0.4 is 9.47 Å². The van der Waals surface area contributed by atoms with E-state index in [2.05, 4.69) is 52.0 Å². The average molecular weight is 420 g/mol. The lowest BCUT2D eigenvalue weighted by Crippen LogP contribution is -2.08. The Bertz CT molecular complexity index is 1070. The number of nitrogens with zero attached hydrogens (tertiary/aromatic N) is 1. The van der Waals surface area contributed by atoms with E-state index in [0.717, 1.165) is 63.5 Å². The summed E-state index contributed by atoms with van der Waals surface area (Å²) in [5, 5.41) is 9.76. The van der Waals surface area contributed by atoms with E-state index in [1.54, 1.807) is 14.2 Å². The highest BCUT2D eigenvalue weighted by Gasteiger charge is 2.21. The molecule has 0 spiro atoms. The van der Waals surface area contributed by atoms with Crippen LogP contribution in [-0.2, 0) is 19.3 Å². The number of pyridine rings is 1. The minimum Gasteiger partial charge on any atom is -0.496 e. The second kappa shape index (κ2) is 9.97. The summed E-state index contributed by atoms with van der Waals surface area (Å²) in [6.07, 6.45) is 2.23. The van der Waals surface area contributed by atoms with E-state index in [9.17, 15) is 5.11 Å². The van der Waals surface area contributed by atoms with Crippen LogP contribution in [0.4, 0.5) is 0 Å². The number of hydrogen-bond acceptors (Lipinski definition) is 4. The summed E-state index contributed by atoms with van der Waals surface area (Å²) in [7, 11) is 3.39. The van der Waals surface area contributed by atoms with Crippen LogP contribution in [-0.4, -0.2) is 30.9 Å². The normalized spacial score (nSPS) is 10.9. The molecule has 0 fully saturated rings. The average Bonchev–Trinajstić information content (AvgIpc) is 2.78. The first-order chi connectivity index (χ1) is 15.0. The highest BCUT2D eigenvalue weighted by Crippen LogP contribution is 2.39. The molecule has 0 radical (unpaired) electrons. The number of aromatic nitrogens is 1. The maximum atomic E-state index is 9.76. The topological polar surface area (TPSA) is 51.6 Å². The van der Waals surface area contributed by atoms with Gasteiger partial charge in [-0.1, -0.05) is 26.0 Å². The minimum atomic E-state index is 0.0719. The van der Waals surface area contributed by atoms with E-state index in [1.807, 2.05) is 12.1 Å². The summed E-state index contributed by atoms with van der Waals surface area (Å²) in [6, 6.07) is 12.6. The molecule has 4 heteroatoms. The van der Waals surface area contributed by atoms with Gasteiger partial charge >= 0.3 is 0 Å². The van der Waals surface area contributed by atoms with Gasteiger partial charge in [-0.2, -0.15) is 0 Å². The fourth-order valence-corrected chi connectivity index (χ4v) is 4.39.